The molecule has 1 aliphatic rings. The van der Waals surface area contributed by atoms with Gasteiger partial charge in [0.2, 0.25) is 0 Å². The smallest absolute Gasteiger partial charge is 0.180 e. The fraction of sp³-hybridized carbons (Fsp3) is 0.471. The maximum absolute atomic E-state index is 9.42. The molecule has 1 saturated carbocycles. The SMILES string of the molecule is CCc1cc(N(C)CC2CC(O)C2)nc(-c2ccccn2)n1. The molecule has 0 bridgehead atoms. The lowest BCUT2D eigenvalue weighted by Gasteiger charge is -2.34. The Morgan fingerprint density at radius 2 is 2.09 bits per heavy atom. The molecule has 1 aliphatic carbocycles. The molecule has 3 rings (SSSR count). The Labute approximate surface area is 131 Å². The van der Waals surface area contributed by atoms with E-state index < -0.39 is 0 Å². The van der Waals surface area contributed by atoms with Gasteiger partial charge in [0.15, 0.2) is 5.82 Å². The number of aliphatic hydroxyl groups excluding tert-OH is 1. The summed E-state index contributed by atoms with van der Waals surface area (Å²) >= 11 is 0. The summed E-state index contributed by atoms with van der Waals surface area (Å²) in [6.45, 7) is 3.01. The van der Waals surface area contributed by atoms with Crippen LogP contribution in [0.1, 0.15) is 25.5 Å². The molecule has 5 heteroatoms. The zero-order valence-corrected chi connectivity index (χ0v) is 13.1. The van der Waals surface area contributed by atoms with Crippen molar-refractivity contribution in [2.75, 3.05) is 18.5 Å². The average molecular weight is 298 g/mol. The number of pyridine rings is 1. The van der Waals surface area contributed by atoms with Crippen LogP contribution in [0, 0.1) is 5.92 Å². The van der Waals surface area contributed by atoms with Crippen molar-refractivity contribution in [3.05, 3.63) is 36.2 Å². The van der Waals surface area contributed by atoms with Crippen LogP contribution < -0.4 is 4.90 Å². The fourth-order valence-corrected chi connectivity index (χ4v) is 2.80. The first-order chi connectivity index (χ1) is 10.7. The second-order valence-electron chi connectivity index (χ2n) is 5.98. The lowest BCUT2D eigenvalue weighted by atomic mass is 9.82. The van der Waals surface area contributed by atoms with E-state index in [9.17, 15) is 5.11 Å². The molecular formula is C17H22N4O. The minimum absolute atomic E-state index is 0.112. The summed E-state index contributed by atoms with van der Waals surface area (Å²) in [5, 5.41) is 9.42. The van der Waals surface area contributed by atoms with Crippen LogP contribution in [-0.4, -0.2) is 39.8 Å². The predicted molar refractivity (Wildman–Crippen MR) is 86.6 cm³/mol. The summed E-state index contributed by atoms with van der Waals surface area (Å²) in [6.07, 6.45) is 4.30. The van der Waals surface area contributed by atoms with Gasteiger partial charge < -0.3 is 10.0 Å². The highest BCUT2D eigenvalue weighted by Gasteiger charge is 2.28. The topological polar surface area (TPSA) is 62.1 Å². The van der Waals surface area contributed by atoms with Crippen LogP contribution in [0.3, 0.4) is 0 Å². The molecule has 0 spiro atoms. The highest BCUT2D eigenvalue weighted by Crippen LogP contribution is 2.29. The van der Waals surface area contributed by atoms with Crippen LogP contribution in [0.15, 0.2) is 30.5 Å². The molecule has 0 radical (unpaired) electrons. The molecule has 0 amide bonds. The fourth-order valence-electron chi connectivity index (χ4n) is 2.80. The molecule has 1 fully saturated rings. The summed E-state index contributed by atoms with van der Waals surface area (Å²) in [4.78, 5) is 15.8. The van der Waals surface area contributed by atoms with Crippen LogP contribution in [0.4, 0.5) is 5.82 Å². The Kier molecular flexibility index (Phi) is 4.34. The number of hydrogen-bond acceptors (Lipinski definition) is 5. The number of aromatic nitrogens is 3. The van der Waals surface area contributed by atoms with Crippen molar-refractivity contribution in [2.45, 2.75) is 32.3 Å². The first-order valence-electron chi connectivity index (χ1n) is 7.84. The predicted octanol–water partition coefficient (Wildman–Crippen LogP) is 2.31. The lowest BCUT2D eigenvalue weighted by molar-refractivity contribution is 0.0464. The summed E-state index contributed by atoms with van der Waals surface area (Å²) in [7, 11) is 2.05. The second kappa shape index (κ2) is 6.40. The highest BCUT2D eigenvalue weighted by molar-refractivity contribution is 5.53. The molecule has 2 heterocycles. The molecule has 0 aromatic carbocycles. The van der Waals surface area contributed by atoms with Crippen molar-refractivity contribution in [1.29, 1.82) is 0 Å². The molecule has 2 aromatic heterocycles. The zero-order chi connectivity index (χ0) is 15.5. The van der Waals surface area contributed by atoms with E-state index in [0.717, 1.165) is 43.0 Å². The van der Waals surface area contributed by atoms with E-state index in [0.29, 0.717) is 11.7 Å². The summed E-state index contributed by atoms with van der Waals surface area (Å²) in [6, 6.07) is 7.81. The van der Waals surface area contributed by atoms with Gasteiger partial charge in [0.05, 0.1) is 6.10 Å². The highest BCUT2D eigenvalue weighted by atomic mass is 16.3. The van der Waals surface area contributed by atoms with Crippen LogP contribution in [0.5, 0.6) is 0 Å². The van der Waals surface area contributed by atoms with Crippen LogP contribution in [-0.2, 0) is 6.42 Å². The Morgan fingerprint density at radius 1 is 1.27 bits per heavy atom. The average Bonchev–Trinajstić information content (AvgIpc) is 2.53. The van der Waals surface area contributed by atoms with E-state index in [1.165, 1.54) is 0 Å². The van der Waals surface area contributed by atoms with Crippen molar-refractivity contribution in [1.82, 2.24) is 15.0 Å². The summed E-state index contributed by atoms with van der Waals surface area (Å²) < 4.78 is 0. The quantitative estimate of drug-likeness (QED) is 0.918. The number of nitrogens with zero attached hydrogens (tertiary/aromatic N) is 4. The van der Waals surface area contributed by atoms with Crippen molar-refractivity contribution in [2.24, 2.45) is 5.92 Å². The number of rotatable bonds is 5. The Hall–Kier alpha value is -2.01. The van der Waals surface area contributed by atoms with Gasteiger partial charge in [-0.05, 0) is 37.3 Å². The molecule has 5 nitrogen and oxygen atoms in total. The molecule has 22 heavy (non-hydrogen) atoms. The molecule has 116 valence electrons. The number of aliphatic hydroxyl groups is 1. The van der Waals surface area contributed by atoms with Gasteiger partial charge in [-0.25, -0.2) is 9.97 Å². The van der Waals surface area contributed by atoms with E-state index >= 15 is 0 Å². The van der Waals surface area contributed by atoms with Gasteiger partial charge in [0.1, 0.15) is 11.5 Å². The zero-order valence-electron chi connectivity index (χ0n) is 13.1. The van der Waals surface area contributed by atoms with E-state index in [2.05, 4.69) is 33.8 Å². The first-order valence-corrected chi connectivity index (χ1v) is 7.84. The minimum atomic E-state index is -0.112. The van der Waals surface area contributed by atoms with E-state index in [1.54, 1.807) is 6.20 Å². The monoisotopic (exact) mass is 298 g/mol. The van der Waals surface area contributed by atoms with Crippen molar-refractivity contribution >= 4 is 5.82 Å². The lowest BCUT2D eigenvalue weighted by Crippen LogP contribution is -2.37. The number of aryl methyl sites for hydroxylation is 1. The molecule has 1 N–H and O–H groups in total. The summed E-state index contributed by atoms with van der Waals surface area (Å²) in [5.41, 5.74) is 1.82. The van der Waals surface area contributed by atoms with Crippen LogP contribution in [0.2, 0.25) is 0 Å². The van der Waals surface area contributed by atoms with Gasteiger partial charge in [-0.15, -0.1) is 0 Å². The second-order valence-corrected chi connectivity index (χ2v) is 5.98. The van der Waals surface area contributed by atoms with E-state index in [-0.39, 0.29) is 6.10 Å². The molecule has 2 aromatic rings. The van der Waals surface area contributed by atoms with E-state index in [4.69, 9.17) is 0 Å². The van der Waals surface area contributed by atoms with Crippen molar-refractivity contribution < 1.29 is 5.11 Å². The maximum Gasteiger partial charge on any atom is 0.180 e. The van der Waals surface area contributed by atoms with Gasteiger partial charge >= 0.3 is 0 Å². The molecule has 0 aliphatic heterocycles. The molecular weight excluding hydrogens is 276 g/mol. The molecule has 0 atom stereocenters. The van der Waals surface area contributed by atoms with Crippen LogP contribution >= 0.6 is 0 Å². The Morgan fingerprint density at radius 3 is 2.73 bits per heavy atom. The normalized spacial score (nSPS) is 20.5. The van der Waals surface area contributed by atoms with Gasteiger partial charge in [-0.1, -0.05) is 13.0 Å². The summed E-state index contributed by atoms with van der Waals surface area (Å²) in [5.74, 6) is 2.16. The van der Waals surface area contributed by atoms with E-state index in [1.807, 2.05) is 24.3 Å². The largest absolute Gasteiger partial charge is 0.393 e. The Balaban J connectivity index is 1.84. The van der Waals surface area contributed by atoms with Crippen LogP contribution in [0.25, 0.3) is 11.5 Å². The van der Waals surface area contributed by atoms with Gasteiger partial charge in [0, 0.05) is 31.5 Å². The Bertz CT molecular complexity index is 626. The minimum Gasteiger partial charge on any atom is -0.393 e. The van der Waals surface area contributed by atoms with Gasteiger partial charge in [0.25, 0.3) is 0 Å². The van der Waals surface area contributed by atoms with Gasteiger partial charge in [-0.2, -0.15) is 0 Å². The molecule has 0 unspecified atom stereocenters. The maximum atomic E-state index is 9.42. The van der Waals surface area contributed by atoms with Crippen molar-refractivity contribution in [3.8, 4) is 11.5 Å². The van der Waals surface area contributed by atoms with Gasteiger partial charge in [-0.3, -0.25) is 4.98 Å². The molecule has 0 saturated heterocycles. The standard InChI is InChI=1S/C17H22N4O/c1-3-13-10-16(21(2)11-12-8-14(22)9-12)20-17(19-13)15-6-4-5-7-18-15/h4-7,10,12,14,22H,3,8-9,11H2,1-2H3. The van der Waals surface area contributed by atoms with Crippen molar-refractivity contribution in [3.63, 3.8) is 0 Å². The third-order valence-corrected chi connectivity index (χ3v) is 4.16. The third kappa shape index (κ3) is 3.25. The number of hydrogen-bond donors (Lipinski definition) is 1. The first kappa shape index (κ1) is 14.9. The third-order valence-electron chi connectivity index (χ3n) is 4.16. The number of anilines is 1.